The van der Waals surface area contributed by atoms with Crippen LogP contribution < -0.4 is 4.83 Å². The van der Waals surface area contributed by atoms with Gasteiger partial charge in [0.15, 0.2) is 0 Å². The van der Waals surface area contributed by atoms with Gasteiger partial charge in [0.05, 0.1) is 10.6 Å². The molecule has 2 aromatic rings. The van der Waals surface area contributed by atoms with Crippen LogP contribution in [-0.2, 0) is 10.0 Å². The molecule has 0 unspecified atom stereocenters. The zero-order chi connectivity index (χ0) is 16.0. The van der Waals surface area contributed by atoms with Crippen LogP contribution in [0.2, 0.25) is 0 Å². The Bertz CT molecular complexity index is 736. The van der Waals surface area contributed by atoms with E-state index in [1.54, 1.807) is 24.3 Å². The summed E-state index contributed by atoms with van der Waals surface area (Å²) in [6, 6.07) is 16.3. The monoisotopic (exact) mass is 316 g/mol. The Labute approximate surface area is 131 Å². The molecule has 0 radical (unpaired) electrons. The Hall–Kier alpha value is -2.14. The molecule has 2 aromatic carbocycles. The highest BCUT2D eigenvalue weighted by molar-refractivity contribution is 7.89. The van der Waals surface area contributed by atoms with Gasteiger partial charge in [-0.2, -0.15) is 18.4 Å². The molecule has 0 aliphatic carbocycles. The van der Waals surface area contributed by atoms with Crippen molar-refractivity contribution < 1.29 is 8.42 Å². The first kappa shape index (κ1) is 16.2. The van der Waals surface area contributed by atoms with Gasteiger partial charge in [-0.15, -0.1) is 0 Å². The van der Waals surface area contributed by atoms with Crippen LogP contribution >= 0.6 is 0 Å². The lowest BCUT2D eigenvalue weighted by Gasteiger charge is -2.08. The van der Waals surface area contributed by atoms with E-state index in [1.165, 1.54) is 0 Å². The third-order valence-electron chi connectivity index (χ3n) is 3.23. The summed E-state index contributed by atoms with van der Waals surface area (Å²) in [5.41, 5.74) is 2.67. The van der Waals surface area contributed by atoms with Crippen LogP contribution in [0.4, 0.5) is 0 Å². The van der Waals surface area contributed by atoms with Crippen molar-refractivity contribution in [2.45, 2.75) is 31.6 Å². The molecule has 0 fully saturated rings. The maximum atomic E-state index is 12.3. The van der Waals surface area contributed by atoms with Crippen LogP contribution in [-0.4, -0.2) is 14.1 Å². The summed E-state index contributed by atoms with van der Waals surface area (Å²) in [4.78, 5) is 2.55. The SMILES string of the molecule is CCCC(=NNS(=O)(=O)c1ccc(C)cc1)c1ccccc1. The molecule has 2 rings (SSSR count). The Morgan fingerprint density at radius 1 is 1.05 bits per heavy atom. The van der Waals surface area contributed by atoms with Gasteiger partial charge < -0.3 is 0 Å². The average molecular weight is 316 g/mol. The average Bonchev–Trinajstić information content (AvgIpc) is 2.53. The summed E-state index contributed by atoms with van der Waals surface area (Å²) < 4.78 is 24.5. The van der Waals surface area contributed by atoms with E-state index >= 15 is 0 Å². The molecule has 22 heavy (non-hydrogen) atoms. The smallest absolute Gasteiger partial charge is 0.200 e. The summed E-state index contributed by atoms with van der Waals surface area (Å²) in [5.74, 6) is 0. The van der Waals surface area contributed by atoms with Gasteiger partial charge >= 0.3 is 0 Å². The fourth-order valence-electron chi connectivity index (χ4n) is 2.02. The molecule has 0 spiro atoms. The highest BCUT2D eigenvalue weighted by atomic mass is 32.2. The molecule has 0 aromatic heterocycles. The number of aryl methyl sites for hydroxylation is 1. The van der Waals surface area contributed by atoms with Crippen molar-refractivity contribution in [2.75, 3.05) is 0 Å². The number of nitrogens with one attached hydrogen (secondary N) is 1. The molecule has 5 heteroatoms. The third kappa shape index (κ3) is 4.18. The molecule has 0 amide bonds. The van der Waals surface area contributed by atoms with Crippen LogP contribution in [0.3, 0.4) is 0 Å². The molecule has 0 aliphatic rings. The first-order chi connectivity index (χ1) is 10.5. The number of sulfonamides is 1. The van der Waals surface area contributed by atoms with Gasteiger partial charge in [0.25, 0.3) is 10.0 Å². The zero-order valence-electron chi connectivity index (χ0n) is 12.8. The molecule has 0 aliphatic heterocycles. The van der Waals surface area contributed by atoms with E-state index in [0.717, 1.165) is 23.3 Å². The predicted octanol–water partition coefficient (Wildman–Crippen LogP) is 3.48. The van der Waals surface area contributed by atoms with Crippen LogP contribution in [0.15, 0.2) is 64.6 Å². The van der Waals surface area contributed by atoms with Crippen molar-refractivity contribution in [3.05, 3.63) is 65.7 Å². The molecule has 0 saturated heterocycles. The Kier molecular flexibility index (Phi) is 5.33. The molecule has 0 saturated carbocycles. The third-order valence-corrected chi connectivity index (χ3v) is 4.45. The van der Waals surface area contributed by atoms with Crippen molar-refractivity contribution in [1.82, 2.24) is 4.83 Å². The lowest BCUT2D eigenvalue weighted by atomic mass is 10.1. The lowest BCUT2D eigenvalue weighted by Crippen LogP contribution is -2.20. The number of rotatable bonds is 6. The largest absolute Gasteiger partial charge is 0.276 e. The number of hydrogen-bond donors (Lipinski definition) is 1. The van der Waals surface area contributed by atoms with E-state index < -0.39 is 10.0 Å². The van der Waals surface area contributed by atoms with Crippen LogP contribution in [0.5, 0.6) is 0 Å². The summed E-state index contributed by atoms with van der Waals surface area (Å²) in [6.07, 6.45) is 1.60. The summed E-state index contributed by atoms with van der Waals surface area (Å²) in [6.45, 7) is 3.95. The summed E-state index contributed by atoms with van der Waals surface area (Å²) >= 11 is 0. The van der Waals surface area contributed by atoms with Gasteiger partial charge in [-0.1, -0.05) is 61.4 Å². The molecular formula is C17H20N2O2S. The van der Waals surface area contributed by atoms with Gasteiger partial charge in [0, 0.05) is 0 Å². The molecular weight excluding hydrogens is 296 g/mol. The van der Waals surface area contributed by atoms with E-state index in [-0.39, 0.29) is 4.90 Å². The predicted molar refractivity (Wildman–Crippen MR) is 89.4 cm³/mol. The second-order valence-corrected chi connectivity index (χ2v) is 6.74. The van der Waals surface area contributed by atoms with Crippen molar-refractivity contribution in [2.24, 2.45) is 5.10 Å². The van der Waals surface area contributed by atoms with Crippen molar-refractivity contribution in [1.29, 1.82) is 0 Å². The molecule has 0 bridgehead atoms. The van der Waals surface area contributed by atoms with Crippen LogP contribution in [0, 0.1) is 6.92 Å². The molecule has 1 N–H and O–H groups in total. The highest BCUT2D eigenvalue weighted by Gasteiger charge is 2.13. The highest BCUT2D eigenvalue weighted by Crippen LogP contribution is 2.11. The number of hydrazone groups is 1. The fraction of sp³-hybridized carbons (Fsp3) is 0.235. The quantitative estimate of drug-likeness (QED) is 0.655. The normalized spacial score (nSPS) is 12.2. The topological polar surface area (TPSA) is 58.5 Å². The van der Waals surface area contributed by atoms with E-state index in [4.69, 9.17) is 0 Å². The maximum Gasteiger partial charge on any atom is 0.276 e. The number of nitrogens with zero attached hydrogens (tertiary/aromatic N) is 1. The van der Waals surface area contributed by atoms with Gasteiger partial charge in [-0.3, -0.25) is 0 Å². The Morgan fingerprint density at radius 3 is 2.27 bits per heavy atom. The maximum absolute atomic E-state index is 12.3. The second-order valence-electron chi connectivity index (χ2n) is 5.08. The lowest BCUT2D eigenvalue weighted by molar-refractivity contribution is 0.584. The zero-order valence-corrected chi connectivity index (χ0v) is 13.6. The van der Waals surface area contributed by atoms with Gasteiger partial charge in [-0.05, 0) is 31.0 Å². The van der Waals surface area contributed by atoms with Crippen molar-refractivity contribution in [3.8, 4) is 0 Å². The molecule has 4 nitrogen and oxygen atoms in total. The molecule has 0 atom stereocenters. The summed E-state index contributed by atoms with van der Waals surface area (Å²) in [5, 5.41) is 4.13. The Morgan fingerprint density at radius 2 is 1.68 bits per heavy atom. The number of hydrogen-bond acceptors (Lipinski definition) is 3. The minimum absolute atomic E-state index is 0.214. The number of benzene rings is 2. The first-order valence-electron chi connectivity index (χ1n) is 7.23. The minimum atomic E-state index is -3.64. The molecule has 116 valence electrons. The van der Waals surface area contributed by atoms with E-state index in [0.29, 0.717) is 6.42 Å². The molecule has 0 heterocycles. The van der Waals surface area contributed by atoms with Crippen LogP contribution in [0.1, 0.15) is 30.9 Å². The van der Waals surface area contributed by atoms with E-state index in [9.17, 15) is 8.42 Å². The summed E-state index contributed by atoms with van der Waals surface area (Å²) in [7, 11) is -3.64. The van der Waals surface area contributed by atoms with Gasteiger partial charge in [-0.25, -0.2) is 0 Å². The van der Waals surface area contributed by atoms with Crippen molar-refractivity contribution in [3.63, 3.8) is 0 Å². The fourth-order valence-corrected chi connectivity index (χ4v) is 2.85. The van der Waals surface area contributed by atoms with Crippen molar-refractivity contribution >= 4 is 15.7 Å². The standard InChI is InChI=1S/C17H20N2O2S/c1-3-7-17(15-8-5-4-6-9-15)18-19-22(20,21)16-12-10-14(2)11-13-16/h4-6,8-13,19H,3,7H2,1-2H3. The van der Waals surface area contributed by atoms with Gasteiger partial charge in [0.1, 0.15) is 0 Å². The van der Waals surface area contributed by atoms with E-state index in [1.807, 2.05) is 44.2 Å². The first-order valence-corrected chi connectivity index (χ1v) is 8.71. The second kappa shape index (κ2) is 7.22. The Balaban J connectivity index is 2.25. The van der Waals surface area contributed by atoms with E-state index in [2.05, 4.69) is 9.93 Å². The minimum Gasteiger partial charge on any atom is -0.200 e. The van der Waals surface area contributed by atoms with Gasteiger partial charge in [0.2, 0.25) is 0 Å². The van der Waals surface area contributed by atoms with Crippen LogP contribution in [0.25, 0.3) is 0 Å².